The summed E-state index contributed by atoms with van der Waals surface area (Å²) in [6.45, 7) is 10.9. The zero-order valence-corrected chi connectivity index (χ0v) is 12.1. The minimum atomic E-state index is -0.402. The van der Waals surface area contributed by atoms with E-state index in [0.717, 1.165) is 26.1 Å². The third kappa shape index (κ3) is 2.97. The predicted molar refractivity (Wildman–Crippen MR) is 71.6 cm³/mol. The summed E-state index contributed by atoms with van der Waals surface area (Å²) in [6, 6.07) is 0.304. The van der Waals surface area contributed by atoms with Crippen molar-refractivity contribution in [3.8, 4) is 0 Å². The molecule has 0 saturated carbocycles. The van der Waals surface area contributed by atoms with Crippen molar-refractivity contribution >= 4 is 6.09 Å². The Morgan fingerprint density at radius 3 is 2.50 bits per heavy atom. The molecule has 2 heterocycles. The molecule has 4 nitrogen and oxygen atoms in total. The first kappa shape index (κ1) is 13.7. The van der Waals surface area contributed by atoms with Gasteiger partial charge in [-0.1, -0.05) is 0 Å². The molecule has 18 heavy (non-hydrogen) atoms. The van der Waals surface area contributed by atoms with E-state index in [-0.39, 0.29) is 6.09 Å². The molecule has 0 aliphatic carbocycles. The van der Waals surface area contributed by atoms with Crippen molar-refractivity contribution in [2.75, 3.05) is 19.6 Å². The van der Waals surface area contributed by atoms with Crippen molar-refractivity contribution in [2.45, 2.75) is 58.6 Å². The molecule has 2 saturated heterocycles. The van der Waals surface area contributed by atoms with Gasteiger partial charge in [-0.05, 0) is 65.5 Å². The lowest BCUT2D eigenvalue weighted by Gasteiger charge is -2.33. The molecule has 0 aromatic heterocycles. The van der Waals surface area contributed by atoms with Crippen LogP contribution in [0.3, 0.4) is 0 Å². The molecule has 0 bridgehead atoms. The molecule has 1 N–H and O–H groups in total. The molecule has 0 aromatic carbocycles. The van der Waals surface area contributed by atoms with E-state index in [4.69, 9.17) is 4.74 Å². The van der Waals surface area contributed by atoms with Gasteiger partial charge >= 0.3 is 6.09 Å². The number of nitrogens with zero attached hydrogens (tertiary/aromatic N) is 1. The summed E-state index contributed by atoms with van der Waals surface area (Å²) >= 11 is 0. The van der Waals surface area contributed by atoms with Crippen molar-refractivity contribution in [1.29, 1.82) is 0 Å². The Hall–Kier alpha value is -0.770. The standard InChI is InChI=1S/C14H26N2O2/c1-11-9-14(5-7-15-8-6-14)10-16(11)12(17)18-13(2,3)4/h11,15H,5-10H2,1-4H3. The average molecular weight is 254 g/mol. The number of hydrogen-bond donors (Lipinski definition) is 1. The Morgan fingerprint density at radius 2 is 1.94 bits per heavy atom. The van der Waals surface area contributed by atoms with Crippen molar-refractivity contribution in [2.24, 2.45) is 5.41 Å². The van der Waals surface area contributed by atoms with Crippen molar-refractivity contribution in [1.82, 2.24) is 10.2 Å². The Kier molecular flexibility index (Phi) is 3.58. The van der Waals surface area contributed by atoms with Gasteiger partial charge < -0.3 is 15.0 Å². The Labute approximate surface area is 110 Å². The summed E-state index contributed by atoms with van der Waals surface area (Å²) in [7, 11) is 0. The number of nitrogens with one attached hydrogen (secondary N) is 1. The zero-order chi connectivity index (χ0) is 13.4. The molecule has 4 heteroatoms. The molecule has 2 fully saturated rings. The van der Waals surface area contributed by atoms with Gasteiger partial charge in [0, 0.05) is 12.6 Å². The van der Waals surface area contributed by atoms with Gasteiger partial charge in [0.15, 0.2) is 0 Å². The van der Waals surface area contributed by atoms with E-state index in [2.05, 4.69) is 12.2 Å². The molecule has 2 aliphatic rings. The normalized spacial score (nSPS) is 27.6. The third-order valence-corrected chi connectivity index (χ3v) is 4.06. The lowest BCUT2D eigenvalue weighted by atomic mass is 9.77. The first-order valence-electron chi connectivity index (χ1n) is 7.02. The van der Waals surface area contributed by atoms with Crippen LogP contribution in [-0.2, 0) is 4.74 Å². The molecular formula is C14H26N2O2. The van der Waals surface area contributed by atoms with Gasteiger partial charge in [0.2, 0.25) is 0 Å². The molecular weight excluding hydrogens is 228 g/mol. The highest BCUT2D eigenvalue weighted by atomic mass is 16.6. The van der Waals surface area contributed by atoms with Crippen LogP contribution >= 0.6 is 0 Å². The van der Waals surface area contributed by atoms with Crippen LogP contribution < -0.4 is 5.32 Å². The number of piperidine rings is 1. The highest BCUT2D eigenvalue weighted by Crippen LogP contribution is 2.42. The van der Waals surface area contributed by atoms with Crippen molar-refractivity contribution < 1.29 is 9.53 Å². The number of carbonyl (C=O) groups excluding carboxylic acids is 1. The van der Waals surface area contributed by atoms with Crippen LogP contribution in [0.5, 0.6) is 0 Å². The second-order valence-electron chi connectivity index (χ2n) is 6.91. The molecule has 104 valence electrons. The maximum atomic E-state index is 12.2. The smallest absolute Gasteiger partial charge is 0.410 e. The fraction of sp³-hybridized carbons (Fsp3) is 0.929. The largest absolute Gasteiger partial charge is 0.444 e. The molecule has 2 rings (SSSR count). The van der Waals surface area contributed by atoms with Crippen LogP contribution in [0.4, 0.5) is 4.79 Å². The zero-order valence-electron chi connectivity index (χ0n) is 12.1. The first-order valence-corrected chi connectivity index (χ1v) is 7.02. The van der Waals surface area contributed by atoms with Crippen LogP contribution in [0.15, 0.2) is 0 Å². The minimum absolute atomic E-state index is 0.148. The van der Waals surface area contributed by atoms with Crippen LogP contribution in [0, 0.1) is 5.41 Å². The van der Waals surface area contributed by atoms with E-state index < -0.39 is 5.60 Å². The fourth-order valence-corrected chi connectivity index (χ4v) is 3.20. The van der Waals surface area contributed by atoms with E-state index in [9.17, 15) is 4.79 Å². The van der Waals surface area contributed by atoms with Gasteiger partial charge in [-0.15, -0.1) is 0 Å². The van der Waals surface area contributed by atoms with Gasteiger partial charge in [0.1, 0.15) is 5.60 Å². The van der Waals surface area contributed by atoms with E-state index in [0.29, 0.717) is 11.5 Å². The SMILES string of the molecule is CC1CC2(CCNCC2)CN1C(=O)OC(C)(C)C. The first-order chi connectivity index (χ1) is 8.31. The van der Waals surface area contributed by atoms with Crippen molar-refractivity contribution in [3.63, 3.8) is 0 Å². The van der Waals surface area contributed by atoms with Gasteiger partial charge in [-0.3, -0.25) is 0 Å². The highest BCUT2D eigenvalue weighted by Gasteiger charge is 2.45. The summed E-state index contributed by atoms with van der Waals surface area (Å²) in [5.74, 6) is 0. The van der Waals surface area contributed by atoms with E-state index in [1.165, 1.54) is 12.8 Å². The van der Waals surface area contributed by atoms with Crippen LogP contribution in [-0.4, -0.2) is 42.3 Å². The number of rotatable bonds is 0. The van der Waals surface area contributed by atoms with E-state index in [1.54, 1.807) is 0 Å². The van der Waals surface area contributed by atoms with Gasteiger partial charge in [-0.25, -0.2) is 4.79 Å². The lowest BCUT2D eigenvalue weighted by molar-refractivity contribution is 0.0215. The summed E-state index contributed by atoms with van der Waals surface area (Å²) < 4.78 is 5.50. The Balaban J connectivity index is 2.00. The summed E-state index contributed by atoms with van der Waals surface area (Å²) in [5, 5.41) is 3.40. The average Bonchev–Trinajstić information content (AvgIpc) is 2.54. The molecule has 1 unspecified atom stereocenters. The molecule has 1 amide bonds. The van der Waals surface area contributed by atoms with Gasteiger partial charge in [0.05, 0.1) is 0 Å². The van der Waals surface area contributed by atoms with Gasteiger partial charge in [0.25, 0.3) is 0 Å². The quantitative estimate of drug-likeness (QED) is 0.721. The highest BCUT2D eigenvalue weighted by molar-refractivity contribution is 5.69. The Bertz CT molecular complexity index is 316. The molecule has 0 radical (unpaired) electrons. The molecule has 2 aliphatic heterocycles. The van der Waals surface area contributed by atoms with E-state index in [1.807, 2.05) is 25.7 Å². The minimum Gasteiger partial charge on any atom is -0.444 e. The monoisotopic (exact) mass is 254 g/mol. The van der Waals surface area contributed by atoms with Crippen LogP contribution in [0.2, 0.25) is 0 Å². The molecule has 1 atom stereocenters. The van der Waals surface area contributed by atoms with Crippen LogP contribution in [0.25, 0.3) is 0 Å². The van der Waals surface area contributed by atoms with Crippen LogP contribution in [0.1, 0.15) is 47.0 Å². The predicted octanol–water partition coefficient (Wildman–Crippen LogP) is 2.39. The van der Waals surface area contributed by atoms with Crippen molar-refractivity contribution in [3.05, 3.63) is 0 Å². The second kappa shape index (κ2) is 4.72. The summed E-state index contributed by atoms with van der Waals surface area (Å²) in [4.78, 5) is 14.1. The topological polar surface area (TPSA) is 41.6 Å². The summed E-state index contributed by atoms with van der Waals surface area (Å²) in [6.07, 6.45) is 3.33. The van der Waals surface area contributed by atoms with Gasteiger partial charge in [-0.2, -0.15) is 0 Å². The molecule has 0 aromatic rings. The lowest BCUT2D eigenvalue weighted by Crippen LogP contribution is -2.42. The fourth-order valence-electron chi connectivity index (χ4n) is 3.20. The summed E-state index contributed by atoms with van der Waals surface area (Å²) in [5.41, 5.74) is -0.0672. The number of hydrogen-bond acceptors (Lipinski definition) is 3. The third-order valence-electron chi connectivity index (χ3n) is 4.06. The Morgan fingerprint density at radius 1 is 1.33 bits per heavy atom. The number of carbonyl (C=O) groups is 1. The van der Waals surface area contributed by atoms with E-state index >= 15 is 0 Å². The number of amides is 1. The second-order valence-corrected chi connectivity index (χ2v) is 6.91. The number of ether oxygens (including phenoxy) is 1. The maximum Gasteiger partial charge on any atom is 0.410 e. The number of likely N-dealkylation sites (tertiary alicyclic amines) is 1. The maximum absolute atomic E-state index is 12.2. The molecule has 1 spiro atoms.